The molecule has 0 heterocycles. The molecule has 2 N–H and O–H groups in total. The van der Waals surface area contributed by atoms with E-state index in [1.807, 2.05) is 0 Å². The molecule has 1 aliphatic rings. The molecule has 0 bridgehead atoms. The van der Waals surface area contributed by atoms with E-state index in [2.05, 4.69) is 16.7 Å². The largest absolute Gasteiger partial charge is 0.452 e. The molecule has 158 valence electrons. The first-order valence-electron chi connectivity index (χ1n) is 9.40. The van der Waals surface area contributed by atoms with Gasteiger partial charge in [0.05, 0.1) is 10.5 Å². The number of imide groups is 1. The Morgan fingerprint density at radius 3 is 2.59 bits per heavy atom. The molecule has 9 heteroatoms. The maximum atomic E-state index is 12.2. The van der Waals surface area contributed by atoms with Crippen LogP contribution in [-0.4, -0.2) is 45.7 Å². The number of carbonyl (C=O) groups is 3. The lowest BCUT2D eigenvalue weighted by Crippen LogP contribution is -2.41. The van der Waals surface area contributed by atoms with E-state index in [0.29, 0.717) is 12.1 Å². The summed E-state index contributed by atoms with van der Waals surface area (Å²) in [5, 5.41) is 4.69. The van der Waals surface area contributed by atoms with Crippen LogP contribution in [0.15, 0.2) is 34.7 Å². The van der Waals surface area contributed by atoms with Crippen LogP contribution in [0.5, 0.6) is 0 Å². The van der Waals surface area contributed by atoms with E-state index in [1.54, 1.807) is 6.92 Å². The van der Waals surface area contributed by atoms with Crippen molar-refractivity contribution in [1.29, 1.82) is 0 Å². The van der Waals surface area contributed by atoms with Gasteiger partial charge in [0.25, 0.3) is 5.91 Å². The number of sulfone groups is 1. The van der Waals surface area contributed by atoms with Gasteiger partial charge < -0.3 is 10.1 Å². The first-order valence-corrected chi connectivity index (χ1v) is 11.3. The van der Waals surface area contributed by atoms with Gasteiger partial charge >= 0.3 is 12.0 Å². The van der Waals surface area contributed by atoms with Crippen molar-refractivity contribution >= 4 is 27.7 Å². The molecule has 8 nitrogen and oxygen atoms in total. The van der Waals surface area contributed by atoms with Crippen LogP contribution >= 0.6 is 0 Å². The van der Waals surface area contributed by atoms with Gasteiger partial charge in [-0.25, -0.2) is 18.0 Å². The second kappa shape index (κ2) is 10.2. The van der Waals surface area contributed by atoms with Crippen molar-refractivity contribution < 1.29 is 27.5 Å². The van der Waals surface area contributed by atoms with Crippen molar-refractivity contribution in [2.45, 2.75) is 43.9 Å². The third-order valence-corrected chi connectivity index (χ3v) is 5.67. The summed E-state index contributed by atoms with van der Waals surface area (Å²) in [7, 11) is -3.48. The standard InChI is InChI=1S/C20H26N2O6S/c1-14-8-9-16(29(2,26)27)12-17(14)19(24)28-13-18(23)22-20(25)21-11-10-15-6-4-3-5-7-15/h6,8-9,12H,3-5,7,10-11,13H2,1-2H3,(H2,21,22,23,25). The number of rotatable bonds is 7. The van der Waals surface area contributed by atoms with E-state index < -0.39 is 34.4 Å². The number of amides is 3. The van der Waals surface area contributed by atoms with Crippen molar-refractivity contribution in [3.63, 3.8) is 0 Å². The maximum Gasteiger partial charge on any atom is 0.338 e. The minimum atomic E-state index is -3.48. The molecule has 0 aromatic heterocycles. The molecule has 0 radical (unpaired) electrons. The Morgan fingerprint density at radius 1 is 1.17 bits per heavy atom. The van der Waals surface area contributed by atoms with Crippen LogP contribution in [0.4, 0.5) is 4.79 Å². The number of nitrogens with one attached hydrogen (secondary N) is 2. The van der Waals surface area contributed by atoms with Crippen molar-refractivity contribution in [3.05, 3.63) is 41.0 Å². The van der Waals surface area contributed by atoms with E-state index in [1.165, 1.54) is 30.2 Å². The highest BCUT2D eigenvalue weighted by Crippen LogP contribution is 2.19. The summed E-state index contributed by atoms with van der Waals surface area (Å²) in [6.45, 7) is 1.39. The van der Waals surface area contributed by atoms with Crippen LogP contribution in [0.25, 0.3) is 0 Å². The average Bonchev–Trinajstić information content (AvgIpc) is 2.66. The second-order valence-corrected chi connectivity index (χ2v) is 9.00. The van der Waals surface area contributed by atoms with Crippen LogP contribution in [0.2, 0.25) is 0 Å². The molecule has 1 aromatic rings. The number of esters is 1. The van der Waals surface area contributed by atoms with Gasteiger partial charge in [0.1, 0.15) is 0 Å². The van der Waals surface area contributed by atoms with Gasteiger partial charge in [-0.1, -0.05) is 17.7 Å². The molecule has 2 rings (SSSR count). The van der Waals surface area contributed by atoms with Crippen LogP contribution in [0, 0.1) is 6.92 Å². The molecule has 0 unspecified atom stereocenters. The number of carbonyl (C=O) groups excluding carboxylic acids is 3. The van der Waals surface area contributed by atoms with Crippen LogP contribution in [0.3, 0.4) is 0 Å². The lowest BCUT2D eigenvalue weighted by molar-refractivity contribution is -0.123. The lowest BCUT2D eigenvalue weighted by Gasteiger charge is -2.13. The molecule has 0 atom stereocenters. The second-order valence-electron chi connectivity index (χ2n) is 6.99. The molecule has 0 aliphatic heterocycles. The minimum Gasteiger partial charge on any atom is -0.452 e. The summed E-state index contributed by atoms with van der Waals surface area (Å²) in [6.07, 6.45) is 8.43. The predicted molar refractivity (Wildman–Crippen MR) is 107 cm³/mol. The Bertz CT molecular complexity index is 921. The number of hydrogen-bond acceptors (Lipinski definition) is 6. The molecule has 29 heavy (non-hydrogen) atoms. The zero-order valence-corrected chi connectivity index (χ0v) is 17.4. The predicted octanol–water partition coefficient (Wildman–Crippen LogP) is 2.27. The zero-order valence-electron chi connectivity index (χ0n) is 16.6. The fourth-order valence-corrected chi connectivity index (χ4v) is 3.58. The summed E-state index contributed by atoms with van der Waals surface area (Å²) in [4.78, 5) is 35.7. The summed E-state index contributed by atoms with van der Waals surface area (Å²) in [5.74, 6) is -1.61. The number of urea groups is 1. The van der Waals surface area contributed by atoms with Crippen LogP contribution < -0.4 is 10.6 Å². The number of aryl methyl sites for hydroxylation is 1. The van der Waals surface area contributed by atoms with Gasteiger partial charge in [0.15, 0.2) is 16.4 Å². The molecular formula is C20H26N2O6S. The smallest absolute Gasteiger partial charge is 0.338 e. The van der Waals surface area contributed by atoms with Gasteiger partial charge in [-0.05, 0) is 56.7 Å². The minimum absolute atomic E-state index is 0.0213. The van der Waals surface area contributed by atoms with Crippen molar-refractivity contribution in [2.75, 3.05) is 19.4 Å². The quantitative estimate of drug-likeness (QED) is 0.514. The molecule has 0 spiro atoms. The highest BCUT2D eigenvalue weighted by Gasteiger charge is 2.17. The van der Waals surface area contributed by atoms with E-state index in [-0.39, 0.29) is 10.5 Å². The van der Waals surface area contributed by atoms with Crippen LogP contribution in [0.1, 0.15) is 48.0 Å². The zero-order chi connectivity index (χ0) is 21.4. The number of ether oxygens (including phenoxy) is 1. The number of hydrogen-bond donors (Lipinski definition) is 2. The van der Waals surface area contributed by atoms with Gasteiger partial charge in [-0.15, -0.1) is 0 Å². The van der Waals surface area contributed by atoms with Crippen molar-refractivity contribution in [1.82, 2.24) is 10.6 Å². The SMILES string of the molecule is Cc1ccc(S(C)(=O)=O)cc1C(=O)OCC(=O)NC(=O)NCCC1=CCCCC1. The number of allylic oxidation sites excluding steroid dienone is 1. The average molecular weight is 423 g/mol. The normalized spacial score (nSPS) is 13.9. The monoisotopic (exact) mass is 422 g/mol. The van der Waals surface area contributed by atoms with E-state index in [0.717, 1.165) is 31.9 Å². The molecule has 0 saturated carbocycles. The topological polar surface area (TPSA) is 119 Å². The summed E-state index contributed by atoms with van der Waals surface area (Å²) < 4.78 is 28.2. The third kappa shape index (κ3) is 7.34. The van der Waals surface area contributed by atoms with Gasteiger partial charge in [-0.2, -0.15) is 0 Å². The third-order valence-electron chi connectivity index (χ3n) is 4.56. The molecule has 3 amide bonds. The fraction of sp³-hybridized carbons (Fsp3) is 0.450. The van der Waals surface area contributed by atoms with E-state index >= 15 is 0 Å². The Labute approximate surface area is 170 Å². The van der Waals surface area contributed by atoms with Crippen LogP contribution in [-0.2, 0) is 19.4 Å². The lowest BCUT2D eigenvalue weighted by atomic mass is 9.97. The Morgan fingerprint density at radius 2 is 1.93 bits per heavy atom. The summed E-state index contributed by atoms with van der Waals surface area (Å²) >= 11 is 0. The van der Waals surface area contributed by atoms with Gasteiger partial charge in [0, 0.05) is 12.8 Å². The van der Waals surface area contributed by atoms with Crippen molar-refractivity contribution in [2.24, 2.45) is 0 Å². The summed E-state index contributed by atoms with van der Waals surface area (Å²) in [6, 6.07) is 3.43. The highest BCUT2D eigenvalue weighted by molar-refractivity contribution is 7.90. The Balaban J connectivity index is 1.79. The fourth-order valence-electron chi connectivity index (χ4n) is 2.94. The molecular weight excluding hydrogens is 396 g/mol. The van der Waals surface area contributed by atoms with Crippen molar-refractivity contribution in [3.8, 4) is 0 Å². The molecule has 0 saturated heterocycles. The van der Waals surface area contributed by atoms with E-state index in [9.17, 15) is 22.8 Å². The maximum absolute atomic E-state index is 12.2. The van der Waals surface area contributed by atoms with Gasteiger partial charge in [0.2, 0.25) is 0 Å². The molecule has 0 fully saturated rings. The summed E-state index contributed by atoms with van der Waals surface area (Å²) in [5.41, 5.74) is 1.87. The van der Waals surface area contributed by atoms with E-state index in [4.69, 9.17) is 4.74 Å². The van der Waals surface area contributed by atoms with Gasteiger partial charge in [-0.3, -0.25) is 10.1 Å². The first-order chi connectivity index (χ1) is 13.7. The number of benzene rings is 1. The molecule has 1 aliphatic carbocycles. The Hall–Kier alpha value is -2.68. The molecule has 1 aromatic carbocycles. The Kier molecular flexibility index (Phi) is 7.95. The first kappa shape index (κ1) is 22.6. The highest BCUT2D eigenvalue weighted by atomic mass is 32.2.